The number of ether oxygens (including phenoxy) is 2. The molecule has 0 bridgehead atoms. The van der Waals surface area contributed by atoms with Gasteiger partial charge in [-0.2, -0.15) is 18.4 Å². The molecular weight excluding hydrogens is 593 g/mol. The standard InChI is InChI=1S/C31H31F3N6O5/c1-20-26(28(42)44-2)27(39-29(36-37-30(39)43)38(20)24-7-5-6-23(17-24)31(32,33)34)25-9-8-21(18-35)16-22(25)10-13-40(11-3-4-12-40)14-15-45-19-41/h5-9,16-17,19,27H,3-4,10-15H2,1-2H3/p+1/t27-/m1/s1. The van der Waals surface area contributed by atoms with E-state index in [1.54, 1.807) is 25.1 Å². The van der Waals surface area contributed by atoms with Crippen LogP contribution in [0.15, 0.2) is 58.5 Å². The van der Waals surface area contributed by atoms with Gasteiger partial charge < -0.3 is 14.0 Å². The van der Waals surface area contributed by atoms with Gasteiger partial charge in [0.2, 0.25) is 5.95 Å². The summed E-state index contributed by atoms with van der Waals surface area (Å²) in [5, 5.41) is 16.3. The molecule has 236 valence electrons. The van der Waals surface area contributed by atoms with Crippen LogP contribution in [0, 0.1) is 11.3 Å². The molecule has 1 aromatic heterocycles. The summed E-state index contributed by atoms with van der Waals surface area (Å²) in [6.45, 7) is 5.31. The zero-order valence-corrected chi connectivity index (χ0v) is 24.8. The van der Waals surface area contributed by atoms with Crippen molar-refractivity contribution in [3.63, 3.8) is 0 Å². The zero-order valence-electron chi connectivity index (χ0n) is 24.8. The topological polar surface area (TPSA) is 130 Å². The summed E-state index contributed by atoms with van der Waals surface area (Å²) in [4.78, 5) is 38.9. The molecule has 2 aliphatic rings. The molecule has 2 aliphatic heterocycles. The van der Waals surface area contributed by atoms with Crippen molar-refractivity contribution in [1.29, 1.82) is 5.26 Å². The zero-order chi connectivity index (χ0) is 32.4. The van der Waals surface area contributed by atoms with Crippen LogP contribution in [-0.4, -0.2) is 71.6 Å². The third-order valence-corrected chi connectivity index (χ3v) is 8.67. The quantitative estimate of drug-likeness (QED) is 0.155. The number of hydrogen-bond acceptors (Lipinski definition) is 8. The van der Waals surface area contributed by atoms with E-state index >= 15 is 0 Å². The molecule has 3 aromatic rings. The van der Waals surface area contributed by atoms with Gasteiger partial charge in [-0.05, 0) is 48.4 Å². The number of esters is 1. The van der Waals surface area contributed by atoms with E-state index < -0.39 is 29.4 Å². The number of likely N-dealkylation sites (tertiary alicyclic amines) is 1. The lowest BCUT2D eigenvalue weighted by Crippen LogP contribution is -2.49. The Hall–Kier alpha value is -4.90. The van der Waals surface area contributed by atoms with Gasteiger partial charge in [-0.1, -0.05) is 12.1 Å². The predicted octanol–water partition coefficient (Wildman–Crippen LogP) is 3.98. The molecule has 14 heteroatoms. The molecule has 1 atom stereocenters. The van der Waals surface area contributed by atoms with Gasteiger partial charge in [0.25, 0.3) is 6.47 Å². The van der Waals surface area contributed by atoms with Crippen molar-refractivity contribution in [2.45, 2.75) is 38.4 Å². The largest absolute Gasteiger partial charge is 0.466 e. The molecule has 2 aromatic carbocycles. The number of allylic oxidation sites excluding steroid dienone is 1. The fourth-order valence-electron chi connectivity index (χ4n) is 6.45. The molecule has 0 saturated carbocycles. The Kier molecular flexibility index (Phi) is 8.83. The summed E-state index contributed by atoms with van der Waals surface area (Å²) in [6, 6.07) is 10.6. The minimum absolute atomic E-state index is 0.0150. The number of nitriles is 1. The number of hydrogen-bond donors (Lipinski definition) is 1. The van der Waals surface area contributed by atoms with E-state index in [1.165, 1.54) is 28.7 Å². The summed E-state index contributed by atoms with van der Waals surface area (Å²) < 4.78 is 53.0. The molecule has 1 fully saturated rings. The van der Waals surface area contributed by atoms with E-state index in [-0.39, 0.29) is 29.5 Å². The second-order valence-corrected chi connectivity index (χ2v) is 11.2. The summed E-state index contributed by atoms with van der Waals surface area (Å²) in [7, 11) is 1.18. The number of aromatic nitrogens is 3. The molecule has 0 radical (unpaired) electrons. The summed E-state index contributed by atoms with van der Waals surface area (Å²) in [6.07, 6.45) is -2.13. The Labute approximate surface area is 256 Å². The second-order valence-electron chi connectivity index (χ2n) is 11.2. The van der Waals surface area contributed by atoms with E-state index in [9.17, 15) is 32.8 Å². The maximum absolute atomic E-state index is 13.7. The Morgan fingerprint density at radius 2 is 1.96 bits per heavy atom. The minimum atomic E-state index is -4.63. The van der Waals surface area contributed by atoms with E-state index in [4.69, 9.17) is 9.47 Å². The number of aromatic amines is 1. The number of halogens is 3. The number of nitrogens with one attached hydrogen (secondary N) is 1. The van der Waals surface area contributed by atoms with Gasteiger partial charge in [0.15, 0.2) is 0 Å². The van der Waals surface area contributed by atoms with Gasteiger partial charge in [-0.3, -0.25) is 9.69 Å². The Bertz CT molecular complexity index is 1730. The van der Waals surface area contributed by atoms with E-state index in [1.807, 2.05) is 0 Å². The van der Waals surface area contributed by atoms with Gasteiger partial charge in [0.1, 0.15) is 19.2 Å². The van der Waals surface area contributed by atoms with E-state index in [0.29, 0.717) is 47.2 Å². The van der Waals surface area contributed by atoms with Gasteiger partial charge in [-0.25, -0.2) is 19.3 Å². The molecule has 0 spiro atoms. The Morgan fingerprint density at radius 1 is 1.20 bits per heavy atom. The predicted molar refractivity (Wildman–Crippen MR) is 155 cm³/mol. The maximum atomic E-state index is 13.7. The number of benzene rings is 2. The number of methoxy groups -OCH3 is 1. The van der Waals surface area contributed by atoms with Crippen LogP contribution in [0.25, 0.3) is 0 Å². The summed E-state index contributed by atoms with van der Waals surface area (Å²) in [5.41, 5.74) is 0.330. The SMILES string of the molecule is COC(=O)C1=C(C)N(c2cccc(C(F)(F)F)c2)c2n[nH]c(=O)n2[C@@H]1c1ccc(C#N)cc1CC[N+]1(CCOC=O)CCCC1. The highest BCUT2D eigenvalue weighted by Crippen LogP contribution is 2.43. The highest BCUT2D eigenvalue weighted by molar-refractivity contribution is 5.93. The third-order valence-electron chi connectivity index (χ3n) is 8.67. The molecule has 0 unspecified atom stereocenters. The Balaban J connectivity index is 1.65. The molecule has 3 heterocycles. The summed E-state index contributed by atoms with van der Waals surface area (Å²) in [5.74, 6) is -0.795. The van der Waals surface area contributed by atoms with Crippen LogP contribution in [-0.2, 0) is 31.7 Å². The van der Waals surface area contributed by atoms with Crippen molar-refractivity contribution in [2.24, 2.45) is 0 Å². The highest BCUT2D eigenvalue weighted by Gasteiger charge is 2.41. The van der Waals surface area contributed by atoms with Gasteiger partial charge in [0, 0.05) is 30.6 Å². The van der Waals surface area contributed by atoms with Crippen LogP contribution in [0.4, 0.5) is 24.8 Å². The lowest BCUT2D eigenvalue weighted by atomic mass is 9.89. The normalized spacial score (nSPS) is 17.5. The molecule has 1 N–H and O–H groups in total. The van der Waals surface area contributed by atoms with Gasteiger partial charge in [-0.15, -0.1) is 5.10 Å². The average molecular weight is 626 g/mol. The van der Waals surface area contributed by atoms with Gasteiger partial charge >= 0.3 is 17.8 Å². The monoisotopic (exact) mass is 625 g/mol. The number of H-pyrrole nitrogens is 1. The van der Waals surface area contributed by atoms with Crippen LogP contribution in [0.3, 0.4) is 0 Å². The summed E-state index contributed by atoms with van der Waals surface area (Å²) >= 11 is 0. The van der Waals surface area contributed by atoms with Crippen LogP contribution in [0.2, 0.25) is 0 Å². The van der Waals surface area contributed by atoms with Crippen LogP contribution in [0.5, 0.6) is 0 Å². The smallest absolute Gasteiger partial charge is 0.416 e. The van der Waals surface area contributed by atoms with Crippen LogP contribution in [0.1, 0.15) is 48.1 Å². The number of carbonyl (C=O) groups is 2. The average Bonchev–Trinajstić information content (AvgIpc) is 3.65. The van der Waals surface area contributed by atoms with Crippen molar-refractivity contribution in [3.8, 4) is 6.07 Å². The molecule has 45 heavy (non-hydrogen) atoms. The van der Waals surface area contributed by atoms with Crippen molar-refractivity contribution in [1.82, 2.24) is 14.8 Å². The third kappa shape index (κ3) is 6.08. The number of nitrogens with zero attached hydrogens (tertiary/aromatic N) is 5. The number of quaternary nitrogens is 1. The van der Waals surface area contributed by atoms with Crippen molar-refractivity contribution in [3.05, 3.63) is 86.5 Å². The first-order chi connectivity index (χ1) is 21.5. The molecular formula is C31H32F3N6O5+. The van der Waals surface area contributed by atoms with E-state index in [2.05, 4.69) is 16.3 Å². The molecule has 11 nitrogen and oxygen atoms in total. The molecule has 0 aliphatic carbocycles. The lowest BCUT2D eigenvalue weighted by molar-refractivity contribution is -0.916. The second kappa shape index (κ2) is 12.6. The van der Waals surface area contributed by atoms with Crippen LogP contribution >= 0.6 is 0 Å². The number of rotatable bonds is 10. The highest BCUT2D eigenvalue weighted by atomic mass is 19.4. The molecule has 0 amide bonds. The number of alkyl halides is 3. The minimum Gasteiger partial charge on any atom is -0.466 e. The first kappa shape index (κ1) is 31.5. The maximum Gasteiger partial charge on any atom is 0.416 e. The number of anilines is 2. The molecule has 1 saturated heterocycles. The van der Waals surface area contributed by atoms with Crippen molar-refractivity contribution >= 4 is 24.1 Å². The first-order valence-electron chi connectivity index (χ1n) is 14.4. The molecule has 5 rings (SSSR count). The fourth-order valence-corrected chi connectivity index (χ4v) is 6.45. The van der Waals surface area contributed by atoms with E-state index in [0.717, 1.165) is 38.1 Å². The number of fused-ring (bicyclic) bond motifs is 1. The van der Waals surface area contributed by atoms with Gasteiger partial charge in [0.05, 0.1) is 49.5 Å². The van der Waals surface area contributed by atoms with Crippen molar-refractivity contribution < 1.29 is 36.7 Å². The fraction of sp³-hybridized carbons (Fsp3) is 0.387. The number of carbonyl (C=O) groups excluding carboxylic acids is 2. The first-order valence-corrected chi connectivity index (χ1v) is 14.4. The lowest BCUT2D eigenvalue weighted by Gasteiger charge is -2.37. The van der Waals surface area contributed by atoms with Crippen molar-refractivity contribution in [2.75, 3.05) is 44.8 Å². The van der Waals surface area contributed by atoms with Crippen LogP contribution < -0.4 is 10.6 Å². The Morgan fingerprint density at radius 3 is 2.62 bits per heavy atom.